The van der Waals surface area contributed by atoms with Crippen LogP contribution in [0.15, 0.2) is 22.7 Å². The van der Waals surface area contributed by atoms with Crippen LogP contribution in [0.4, 0.5) is 0 Å². The zero-order chi connectivity index (χ0) is 15.6. The van der Waals surface area contributed by atoms with Gasteiger partial charge in [0.2, 0.25) is 0 Å². The van der Waals surface area contributed by atoms with Gasteiger partial charge in [-0.05, 0) is 66.1 Å². The van der Waals surface area contributed by atoms with E-state index in [9.17, 15) is 4.79 Å². The highest BCUT2D eigenvalue weighted by atomic mass is 79.9. The third-order valence-corrected chi connectivity index (χ3v) is 5.83. The number of nitrogens with one attached hydrogen (secondary N) is 1. The summed E-state index contributed by atoms with van der Waals surface area (Å²) in [6, 6.07) is 5.66. The second-order valence-corrected chi connectivity index (χ2v) is 7.25. The van der Waals surface area contributed by atoms with Crippen molar-refractivity contribution in [3.8, 4) is 0 Å². The van der Waals surface area contributed by atoms with Gasteiger partial charge < -0.3 is 11.1 Å². The van der Waals surface area contributed by atoms with E-state index in [1.54, 1.807) is 0 Å². The molecule has 1 aromatic carbocycles. The van der Waals surface area contributed by atoms with Crippen molar-refractivity contribution in [3.63, 3.8) is 0 Å². The Morgan fingerprint density at radius 1 is 1.43 bits per heavy atom. The lowest BCUT2D eigenvalue weighted by atomic mass is 9.77. The lowest BCUT2D eigenvalue weighted by molar-refractivity contribution is 0.0900. The van der Waals surface area contributed by atoms with Crippen LogP contribution in [0.2, 0.25) is 0 Å². The number of halogens is 1. The Bertz CT molecular complexity index is 565. The van der Waals surface area contributed by atoms with Crippen LogP contribution in [0, 0.1) is 12.8 Å². The number of thiocarbonyl (C=S) groups is 1. The van der Waals surface area contributed by atoms with Crippen molar-refractivity contribution in [1.29, 1.82) is 0 Å². The maximum absolute atomic E-state index is 12.6. The molecule has 0 unspecified atom stereocenters. The Morgan fingerprint density at radius 2 is 2.05 bits per heavy atom. The summed E-state index contributed by atoms with van der Waals surface area (Å²) in [5, 5.41) is 3.10. The van der Waals surface area contributed by atoms with Gasteiger partial charge in [-0.3, -0.25) is 4.79 Å². The van der Waals surface area contributed by atoms with Crippen molar-refractivity contribution < 1.29 is 4.79 Å². The summed E-state index contributed by atoms with van der Waals surface area (Å²) < 4.78 is 0.824. The quantitative estimate of drug-likeness (QED) is 0.799. The normalized spacial score (nSPS) is 25.4. The van der Waals surface area contributed by atoms with Gasteiger partial charge in [-0.2, -0.15) is 0 Å². The molecule has 0 aromatic heterocycles. The van der Waals surface area contributed by atoms with E-state index in [4.69, 9.17) is 18.0 Å². The second-order valence-electron chi connectivity index (χ2n) is 6.02. The molecule has 0 radical (unpaired) electrons. The third kappa shape index (κ3) is 3.46. The first-order valence-corrected chi connectivity index (χ1v) is 8.43. The first-order valence-electron chi connectivity index (χ1n) is 7.23. The Labute approximate surface area is 139 Å². The summed E-state index contributed by atoms with van der Waals surface area (Å²) in [4.78, 5) is 13.0. The molecular formula is C16H21BrN2OS. The minimum atomic E-state index is -0.540. The zero-order valence-corrected chi connectivity index (χ0v) is 14.8. The highest BCUT2D eigenvalue weighted by Crippen LogP contribution is 2.33. The first-order chi connectivity index (χ1) is 9.85. The number of rotatable bonds is 3. The van der Waals surface area contributed by atoms with Gasteiger partial charge in [0.25, 0.3) is 5.91 Å². The fourth-order valence-electron chi connectivity index (χ4n) is 2.80. The van der Waals surface area contributed by atoms with Crippen LogP contribution in [0.1, 0.15) is 48.5 Å². The maximum Gasteiger partial charge on any atom is 0.253 e. The molecule has 21 heavy (non-hydrogen) atoms. The predicted molar refractivity (Wildman–Crippen MR) is 93.5 cm³/mol. The number of carbonyl (C=O) groups excluding carboxylic acids is 1. The van der Waals surface area contributed by atoms with Gasteiger partial charge >= 0.3 is 0 Å². The molecule has 1 aliphatic rings. The van der Waals surface area contributed by atoms with Gasteiger partial charge in [0.1, 0.15) is 0 Å². The van der Waals surface area contributed by atoms with Crippen molar-refractivity contribution in [1.82, 2.24) is 5.32 Å². The number of aryl methyl sites for hydroxylation is 1. The summed E-state index contributed by atoms with van der Waals surface area (Å²) in [5.74, 6) is 0.544. The average Bonchev–Trinajstić information content (AvgIpc) is 2.44. The summed E-state index contributed by atoms with van der Waals surface area (Å²) in [7, 11) is 0. The molecule has 0 atom stereocenters. The van der Waals surface area contributed by atoms with Crippen LogP contribution >= 0.6 is 28.1 Å². The maximum atomic E-state index is 12.6. The van der Waals surface area contributed by atoms with E-state index in [2.05, 4.69) is 28.2 Å². The molecule has 1 fully saturated rings. The van der Waals surface area contributed by atoms with Crippen molar-refractivity contribution in [3.05, 3.63) is 33.8 Å². The molecule has 0 saturated heterocycles. The summed E-state index contributed by atoms with van der Waals surface area (Å²) in [5.41, 5.74) is 7.07. The second kappa shape index (κ2) is 6.44. The molecule has 5 heteroatoms. The fraction of sp³-hybridized carbons (Fsp3) is 0.500. The lowest BCUT2D eigenvalue weighted by Gasteiger charge is -2.39. The Kier molecular flexibility index (Phi) is 5.04. The van der Waals surface area contributed by atoms with Crippen molar-refractivity contribution in [2.75, 3.05) is 0 Å². The highest BCUT2D eigenvalue weighted by Gasteiger charge is 2.38. The van der Waals surface area contributed by atoms with Crippen LogP contribution in [0.25, 0.3) is 0 Å². The van der Waals surface area contributed by atoms with Crippen LogP contribution < -0.4 is 11.1 Å². The van der Waals surface area contributed by atoms with Crippen molar-refractivity contribution in [2.24, 2.45) is 11.7 Å². The number of nitrogens with two attached hydrogens (primary N) is 1. The van der Waals surface area contributed by atoms with Gasteiger partial charge in [-0.15, -0.1) is 0 Å². The van der Waals surface area contributed by atoms with E-state index >= 15 is 0 Å². The van der Waals surface area contributed by atoms with E-state index in [1.165, 1.54) is 0 Å². The monoisotopic (exact) mass is 368 g/mol. The van der Waals surface area contributed by atoms with E-state index in [-0.39, 0.29) is 5.91 Å². The molecule has 3 nitrogen and oxygen atoms in total. The molecule has 0 aliphatic heterocycles. The zero-order valence-electron chi connectivity index (χ0n) is 12.4. The topological polar surface area (TPSA) is 55.1 Å². The molecule has 2 rings (SSSR count). The Morgan fingerprint density at radius 3 is 2.62 bits per heavy atom. The molecule has 0 heterocycles. The predicted octanol–water partition coefficient (Wildman–Crippen LogP) is 3.72. The first kappa shape index (κ1) is 16.4. The summed E-state index contributed by atoms with van der Waals surface area (Å²) in [6.45, 7) is 4.19. The van der Waals surface area contributed by atoms with E-state index < -0.39 is 5.54 Å². The van der Waals surface area contributed by atoms with Gasteiger partial charge in [0, 0.05) is 4.47 Å². The minimum absolute atomic E-state index is 0.118. The molecule has 114 valence electrons. The number of benzene rings is 1. The molecule has 1 aliphatic carbocycles. The van der Waals surface area contributed by atoms with Gasteiger partial charge in [-0.1, -0.05) is 31.3 Å². The molecule has 1 aromatic rings. The molecule has 1 amide bonds. The van der Waals surface area contributed by atoms with Crippen LogP contribution in [0.3, 0.4) is 0 Å². The molecule has 3 N–H and O–H groups in total. The van der Waals surface area contributed by atoms with Gasteiger partial charge in [0.05, 0.1) is 16.1 Å². The van der Waals surface area contributed by atoms with Crippen LogP contribution in [-0.2, 0) is 0 Å². The Balaban J connectivity index is 2.23. The number of amides is 1. The van der Waals surface area contributed by atoms with Crippen molar-refractivity contribution in [2.45, 2.75) is 45.1 Å². The van der Waals surface area contributed by atoms with Gasteiger partial charge in [0.15, 0.2) is 0 Å². The summed E-state index contributed by atoms with van der Waals surface area (Å²) >= 11 is 8.73. The van der Waals surface area contributed by atoms with E-state index in [1.807, 2.05) is 25.1 Å². The van der Waals surface area contributed by atoms with E-state index in [0.29, 0.717) is 16.5 Å². The molecule has 0 bridgehead atoms. The smallest absolute Gasteiger partial charge is 0.253 e. The van der Waals surface area contributed by atoms with Crippen LogP contribution in [-0.4, -0.2) is 16.4 Å². The lowest BCUT2D eigenvalue weighted by Crippen LogP contribution is -2.58. The number of hydrogen-bond acceptors (Lipinski definition) is 2. The summed E-state index contributed by atoms with van der Waals surface area (Å²) in [6.07, 6.45) is 3.70. The standard InChI is InChI=1S/C16H21BrN2OS/c1-10-6-8-16(9-7-10,15(18)21)19-14(20)12-5-3-4-11(2)13(12)17/h3-5,10H,6-9H2,1-2H3,(H2,18,21)(H,19,20). The molecular weight excluding hydrogens is 348 g/mol. The molecule has 1 saturated carbocycles. The third-order valence-electron chi connectivity index (χ3n) is 4.39. The van der Waals surface area contributed by atoms with Gasteiger partial charge in [-0.25, -0.2) is 0 Å². The van der Waals surface area contributed by atoms with Crippen LogP contribution in [0.5, 0.6) is 0 Å². The highest BCUT2D eigenvalue weighted by molar-refractivity contribution is 9.10. The fourth-order valence-corrected chi connectivity index (χ4v) is 3.49. The number of carbonyl (C=O) groups is 1. The van der Waals surface area contributed by atoms with Crippen molar-refractivity contribution >= 4 is 39.0 Å². The minimum Gasteiger partial charge on any atom is -0.391 e. The van der Waals surface area contributed by atoms with E-state index in [0.717, 1.165) is 35.7 Å². The number of hydrogen-bond donors (Lipinski definition) is 2. The molecule has 0 spiro atoms. The SMILES string of the molecule is Cc1cccc(C(=O)NC2(C(N)=S)CCC(C)CC2)c1Br. The Hall–Kier alpha value is -0.940. The average molecular weight is 369 g/mol. The largest absolute Gasteiger partial charge is 0.391 e.